The quantitative estimate of drug-likeness (QED) is 0.566. The normalized spacial score (nSPS) is 20.6. The largest absolute Gasteiger partial charge is 0.479 e. The Morgan fingerprint density at radius 3 is 2.65 bits per heavy atom. The first-order valence-corrected chi connectivity index (χ1v) is 13.6. The summed E-state index contributed by atoms with van der Waals surface area (Å²) in [6.45, 7) is 2.53. The number of nitrogens with zero attached hydrogens (tertiary/aromatic N) is 2. The van der Waals surface area contributed by atoms with Crippen LogP contribution in [-0.4, -0.2) is 76.5 Å². The second kappa shape index (κ2) is 10.4. The van der Waals surface area contributed by atoms with E-state index in [9.17, 15) is 18.3 Å². The lowest BCUT2D eigenvalue weighted by Gasteiger charge is -2.29. The Balaban J connectivity index is 1.44. The van der Waals surface area contributed by atoms with Crippen LogP contribution in [0, 0.1) is 0 Å². The molecule has 2 aliphatic rings. The summed E-state index contributed by atoms with van der Waals surface area (Å²) < 4.78 is 31.4. The van der Waals surface area contributed by atoms with E-state index < -0.39 is 10.0 Å². The van der Waals surface area contributed by atoms with Crippen molar-refractivity contribution in [2.75, 3.05) is 50.4 Å². The lowest BCUT2D eigenvalue weighted by atomic mass is 10.0. The smallest absolute Gasteiger partial charge is 0.350 e. The van der Waals surface area contributed by atoms with Crippen LogP contribution >= 0.6 is 0 Å². The van der Waals surface area contributed by atoms with Gasteiger partial charge in [-0.25, -0.2) is 13.2 Å². The molecule has 8 nitrogen and oxygen atoms in total. The molecule has 2 N–H and O–H groups in total. The van der Waals surface area contributed by atoms with Crippen LogP contribution in [0.15, 0.2) is 48.5 Å². The molecule has 0 bridgehead atoms. The monoisotopic (exact) mass is 488 g/mol. The average molecular weight is 489 g/mol. The number of sulfonamides is 1. The Morgan fingerprint density at radius 2 is 1.97 bits per heavy atom. The Morgan fingerprint density at radius 1 is 1.21 bits per heavy atom. The van der Waals surface area contributed by atoms with Crippen molar-refractivity contribution in [2.45, 2.75) is 31.4 Å². The predicted octanol–water partition coefficient (Wildman–Crippen LogP) is 0.627. The number of quaternary nitrogens is 1. The van der Waals surface area contributed by atoms with Gasteiger partial charge in [0.2, 0.25) is 16.6 Å². The highest BCUT2D eigenvalue weighted by molar-refractivity contribution is 7.92. The average Bonchev–Trinajstić information content (AvgIpc) is 3.24. The number of amides is 1. The van der Waals surface area contributed by atoms with Crippen LogP contribution in [0.5, 0.6) is 5.75 Å². The standard InChI is InChI=1S/C25H33N3O5S/c1-26(24(19-7-4-3-5-8-19)17-27-14-12-21(29)16-27)25(30)18-33-22-10-11-23-20(15-22)9-6-13-28(23)34(2,31)32/h3-5,7-8,10-11,15,21,24,29H,6,9,12-14,16-18H2,1-2H3/p+1/t21-,24?/m0/s1. The zero-order valence-corrected chi connectivity index (χ0v) is 20.6. The van der Waals surface area contributed by atoms with Crippen LogP contribution in [-0.2, 0) is 21.2 Å². The van der Waals surface area contributed by atoms with Gasteiger partial charge in [-0.1, -0.05) is 30.3 Å². The second-order valence-electron chi connectivity index (χ2n) is 9.29. The van der Waals surface area contributed by atoms with Gasteiger partial charge in [0.1, 0.15) is 11.8 Å². The Labute approximate surface area is 201 Å². The van der Waals surface area contributed by atoms with Crippen molar-refractivity contribution in [1.82, 2.24) is 4.90 Å². The first-order chi connectivity index (χ1) is 16.2. The summed E-state index contributed by atoms with van der Waals surface area (Å²) in [5.74, 6) is 0.498. The summed E-state index contributed by atoms with van der Waals surface area (Å²) in [4.78, 5) is 16.1. The molecular formula is C25H34N3O5S+. The Bertz CT molecular complexity index is 1110. The number of fused-ring (bicyclic) bond motifs is 1. The van der Waals surface area contributed by atoms with E-state index in [1.165, 1.54) is 10.6 Å². The summed E-state index contributed by atoms with van der Waals surface area (Å²) >= 11 is 0. The molecule has 2 aliphatic heterocycles. The van der Waals surface area contributed by atoms with E-state index in [2.05, 4.69) is 4.90 Å². The van der Waals surface area contributed by atoms with Gasteiger partial charge in [0.05, 0.1) is 31.6 Å². The topological polar surface area (TPSA) is 91.6 Å². The van der Waals surface area contributed by atoms with Crippen molar-refractivity contribution >= 4 is 21.6 Å². The van der Waals surface area contributed by atoms with Crippen molar-refractivity contribution in [3.63, 3.8) is 0 Å². The third-order valence-electron chi connectivity index (χ3n) is 6.75. The van der Waals surface area contributed by atoms with Gasteiger partial charge in [-0.15, -0.1) is 0 Å². The first-order valence-electron chi connectivity index (χ1n) is 11.8. The van der Waals surface area contributed by atoms with Gasteiger partial charge in [0, 0.05) is 25.2 Å². The molecule has 0 aromatic heterocycles. The maximum absolute atomic E-state index is 13.1. The number of rotatable bonds is 8. The number of benzene rings is 2. The highest BCUT2D eigenvalue weighted by Crippen LogP contribution is 2.32. The van der Waals surface area contributed by atoms with Gasteiger partial charge in [0.15, 0.2) is 0 Å². The summed E-state index contributed by atoms with van der Waals surface area (Å²) in [6, 6.07) is 15.2. The number of likely N-dealkylation sites (tertiary alicyclic amines) is 1. The number of β-amino-alcohol motifs (C(OH)–C–C–N with tert-alkyl or cyclic N) is 1. The molecule has 0 radical (unpaired) electrons. The fraction of sp³-hybridized carbons (Fsp3) is 0.480. The molecule has 2 aromatic carbocycles. The SMILES string of the molecule is C[NH+](C(=O)COc1ccc2c(c1)CCCN2S(C)(=O)=O)C(CN1CC[C@H](O)C1)c1ccccc1. The predicted molar refractivity (Wildman–Crippen MR) is 131 cm³/mol. The number of aliphatic hydroxyl groups is 1. The number of likely N-dealkylation sites (N-methyl/N-ethyl adjacent to an activating group) is 1. The Hall–Kier alpha value is -2.46. The molecular weight excluding hydrogens is 454 g/mol. The first kappa shape index (κ1) is 24.7. The van der Waals surface area contributed by atoms with Crippen molar-refractivity contribution in [3.05, 3.63) is 59.7 Å². The molecule has 4 rings (SSSR count). The minimum atomic E-state index is -3.32. The van der Waals surface area contributed by atoms with Gasteiger partial charge in [-0.3, -0.25) is 14.1 Å². The molecule has 0 aliphatic carbocycles. The molecule has 0 spiro atoms. The highest BCUT2D eigenvalue weighted by Gasteiger charge is 2.32. The molecule has 1 amide bonds. The van der Waals surface area contributed by atoms with Crippen molar-refractivity contribution in [1.29, 1.82) is 0 Å². The number of aliphatic hydroxyl groups excluding tert-OH is 1. The van der Waals surface area contributed by atoms with E-state index in [0.29, 0.717) is 31.1 Å². The summed E-state index contributed by atoms with van der Waals surface area (Å²) in [5, 5.41) is 9.91. The molecule has 1 fully saturated rings. The minimum absolute atomic E-state index is 0.0657. The van der Waals surface area contributed by atoms with Gasteiger partial charge in [0.25, 0.3) is 0 Å². The third kappa shape index (κ3) is 5.78. The summed E-state index contributed by atoms with van der Waals surface area (Å²) in [5.41, 5.74) is 2.67. The number of hydrogen-bond donors (Lipinski definition) is 2. The van der Waals surface area contributed by atoms with E-state index in [-0.39, 0.29) is 24.7 Å². The van der Waals surface area contributed by atoms with Gasteiger partial charge in [-0.2, -0.15) is 0 Å². The number of carbonyl (C=O) groups excluding carboxylic acids is 1. The summed E-state index contributed by atoms with van der Waals surface area (Å²) in [6.07, 6.45) is 3.19. The summed E-state index contributed by atoms with van der Waals surface area (Å²) in [7, 11) is -1.46. The van der Waals surface area contributed by atoms with Gasteiger partial charge < -0.3 is 9.84 Å². The van der Waals surface area contributed by atoms with E-state index in [1.807, 2.05) is 43.4 Å². The number of ether oxygens (including phenoxy) is 1. The highest BCUT2D eigenvalue weighted by atomic mass is 32.2. The second-order valence-corrected chi connectivity index (χ2v) is 11.2. The third-order valence-corrected chi connectivity index (χ3v) is 7.93. The van der Waals surface area contributed by atoms with Crippen LogP contribution in [0.4, 0.5) is 5.69 Å². The lowest BCUT2D eigenvalue weighted by Crippen LogP contribution is -3.13. The van der Waals surface area contributed by atoms with Crippen LogP contribution in [0.25, 0.3) is 0 Å². The van der Waals surface area contributed by atoms with Gasteiger partial charge >= 0.3 is 5.91 Å². The van der Waals surface area contributed by atoms with Gasteiger partial charge in [-0.05, 0) is 43.0 Å². The number of anilines is 1. The maximum atomic E-state index is 13.1. The molecule has 2 unspecified atom stereocenters. The zero-order valence-electron chi connectivity index (χ0n) is 19.8. The van der Waals surface area contributed by atoms with Crippen LogP contribution in [0.3, 0.4) is 0 Å². The molecule has 1 saturated heterocycles. The fourth-order valence-electron chi connectivity index (χ4n) is 4.84. The molecule has 2 aromatic rings. The van der Waals surface area contributed by atoms with Crippen LogP contribution < -0.4 is 13.9 Å². The van der Waals surface area contributed by atoms with E-state index in [0.717, 1.165) is 41.8 Å². The molecule has 0 saturated carbocycles. The van der Waals surface area contributed by atoms with Crippen molar-refractivity contribution < 1.29 is 28.0 Å². The van der Waals surface area contributed by atoms with E-state index in [4.69, 9.17) is 4.74 Å². The van der Waals surface area contributed by atoms with Crippen molar-refractivity contribution in [3.8, 4) is 5.75 Å². The van der Waals surface area contributed by atoms with Crippen LogP contribution in [0.1, 0.15) is 30.0 Å². The van der Waals surface area contributed by atoms with E-state index >= 15 is 0 Å². The Kier molecular flexibility index (Phi) is 7.57. The molecule has 3 atom stereocenters. The van der Waals surface area contributed by atoms with E-state index in [1.54, 1.807) is 12.1 Å². The minimum Gasteiger partial charge on any atom is -0.479 e. The zero-order chi connectivity index (χ0) is 24.3. The maximum Gasteiger partial charge on any atom is 0.350 e. The number of carbonyl (C=O) groups is 1. The van der Waals surface area contributed by atoms with Crippen LogP contribution in [0.2, 0.25) is 0 Å². The fourth-order valence-corrected chi connectivity index (χ4v) is 5.84. The van der Waals surface area contributed by atoms with Crippen molar-refractivity contribution in [2.24, 2.45) is 0 Å². The lowest BCUT2D eigenvalue weighted by molar-refractivity contribution is -0.833. The molecule has 34 heavy (non-hydrogen) atoms. The number of nitrogens with one attached hydrogen (secondary N) is 1. The molecule has 2 heterocycles. The number of aryl methyl sites for hydroxylation is 1. The molecule has 184 valence electrons. The number of hydrogen-bond acceptors (Lipinski definition) is 6. The molecule has 9 heteroatoms.